The van der Waals surface area contributed by atoms with Crippen molar-refractivity contribution in [3.8, 4) is 0 Å². The average molecular weight is 397 g/mol. The molecule has 1 heterocycles. The average Bonchev–Trinajstić information content (AvgIpc) is 2.72. The van der Waals surface area contributed by atoms with Crippen LogP contribution >= 0.6 is 0 Å². The van der Waals surface area contributed by atoms with Crippen LogP contribution < -0.4 is 15.1 Å². The van der Waals surface area contributed by atoms with Crippen molar-refractivity contribution in [2.45, 2.75) is 6.54 Å². The first-order valence-corrected chi connectivity index (χ1v) is 9.97. The van der Waals surface area contributed by atoms with Crippen LogP contribution in [0.3, 0.4) is 0 Å². The number of carbonyl (C=O) groups excluding carboxylic acids is 1. The van der Waals surface area contributed by atoms with Crippen molar-refractivity contribution in [3.05, 3.63) is 77.9 Å². The molecular weight excluding hydrogens is 372 g/mol. The highest BCUT2D eigenvalue weighted by atomic mass is 19.1. The van der Waals surface area contributed by atoms with Crippen molar-refractivity contribution < 1.29 is 23.4 Å². The Bertz CT molecular complexity index is 1010. The molecule has 1 fully saturated rings. The first kappa shape index (κ1) is 19.5. The summed E-state index contributed by atoms with van der Waals surface area (Å²) in [6.07, 6.45) is 0. The maximum atomic E-state index is 13.7. The molecule has 29 heavy (non-hydrogen) atoms. The Morgan fingerprint density at radius 1 is 0.897 bits per heavy atom. The highest BCUT2D eigenvalue weighted by molar-refractivity contribution is 5.91. The van der Waals surface area contributed by atoms with E-state index in [1.54, 1.807) is 0 Å². The quantitative estimate of drug-likeness (QED) is 0.592. The van der Waals surface area contributed by atoms with E-state index in [4.69, 9.17) is 0 Å². The largest absolute Gasteiger partial charge is 0.322 e. The van der Waals surface area contributed by atoms with E-state index in [1.807, 2.05) is 0 Å². The van der Waals surface area contributed by atoms with Crippen molar-refractivity contribution in [3.63, 3.8) is 0 Å². The molecule has 4 nitrogen and oxygen atoms in total. The number of amides is 1. The second kappa shape index (κ2) is 8.68. The predicted octanol–water partition coefficient (Wildman–Crippen LogP) is 1.04. The van der Waals surface area contributed by atoms with Gasteiger partial charge < -0.3 is 15.1 Å². The lowest BCUT2D eigenvalue weighted by Gasteiger charge is -2.29. The van der Waals surface area contributed by atoms with Crippen LogP contribution in [0.2, 0.25) is 0 Å². The fraction of sp³-hybridized carbons (Fsp3) is 0.261. The molecule has 1 saturated heterocycles. The number of hydrogen-bond acceptors (Lipinski definition) is 1. The van der Waals surface area contributed by atoms with Gasteiger partial charge in [-0.2, -0.15) is 0 Å². The molecule has 0 bridgehead atoms. The van der Waals surface area contributed by atoms with Crippen molar-refractivity contribution in [1.82, 2.24) is 0 Å². The number of fused-ring (bicyclic) bond motifs is 1. The topological polar surface area (TPSA) is 38.0 Å². The van der Waals surface area contributed by atoms with Crippen molar-refractivity contribution >= 4 is 22.4 Å². The molecule has 3 aromatic carbocycles. The summed E-state index contributed by atoms with van der Waals surface area (Å²) in [5, 5.41) is 5.05. The normalized spacial score (nSPS) is 19.2. The minimum Gasteiger partial charge on any atom is -0.322 e. The minimum atomic E-state index is -0.626. The maximum absolute atomic E-state index is 13.7. The SMILES string of the molecule is O=C(C[NH+]1CC[NH+](Cc2cccc3ccccc23)CC1)Nc1cc(F)ccc1F. The predicted molar refractivity (Wildman–Crippen MR) is 109 cm³/mol. The van der Waals surface area contributed by atoms with Gasteiger partial charge in [-0.05, 0) is 22.9 Å². The van der Waals surface area contributed by atoms with Gasteiger partial charge in [-0.3, -0.25) is 4.79 Å². The molecule has 3 aromatic rings. The van der Waals surface area contributed by atoms with Crippen LogP contribution in [-0.4, -0.2) is 38.6 Å². The van der Waals surface area contributed by atoms with Crippen LogP contribution in [0.15, 0.2) is 60.7 Å². The van der Waals surface area contributed by atoms with Crippen LogP contribution in [0.1, 0.15) is 5.56 Å². The van der Waals surface area contributed by atoms with Gasteiger partial charge in [0.2, 0.25) is 0 Å². The van der Waals surface area contributed by atoms with Gasteiger partial charge in [-0.15, -0.1) is 0 Å². The van der Waals surface area contributed by atoms with Gasteiger partial charge >= 0.3 is 0 Å². The van der Waals surface area contributed by atoms with E-state index in [-0.39, 0.29) is 18.1 Å². The van der Waals surface area contributed by atoms with Gasteiger partial charge in [0.25, 0.3) is 5.91 Å². The smallest absolute Gasteiger partial charge is 0.279 e. The summed E-state index contributed by atoms with van der Waals surface area (Å²) in [6, 6.07) is 17.9. The Hall–Kier alpha value is -2.83. The molecule has 1 aliphatic heterocycles. The Morgan fingerprint density at radius 3 is 2.45 bits per heavy atom. The summed E-state index contributed by atoms with van der Waals surface area (Å²) in [4.78, 5) is 14.9. The number of benzene rings is 3. The maximum Gasteiger partial charge on any atom is 0.279 e. The van der Waals surface area contributed by atoms with Crippen LogP contribution in [0.4, 0.5) is 14.5 Å². The molecular formula is C23H25F2N3O+2. The standard InChI is InChI=1S/C23H23F2N3O/c24-19-8-9-21(25)22(14-19)26-23(29)16-28-12-10-27(11-13-28)15-18-6-3-5-17-4-1-2-7-20(17)18/h1-9,14H,10-13,15-16H2,(H,26,29)/p+2. The van der Waals surface area contributed by atoms with Gasteiger partial charge in [-0.25, -0.2) is 8.78 Å². The molecule has 1 amide bonds. The fourth-order valence-electron chi connectivity index (χ4n) is 4.04. The molecule has 0 spiro atoms. The van der Waals surface area contributed by atoms with Crippen LogP contribution in [0.25, 0.3) is 10.8 Å². The first-order chi connectivity index (χ1) is 14.1. The molecule has 0 atom stereocenters. The van der Waals surface area contributed by atoms with Gasteiger partial charge in [0, 0.05) is 11.6 Å². The Labute approximate surface area is 168 Å². The Balaban J connectivity index is 1.30. The fourth-order valence-corrected chi connectivity index (χ4v) is 4.04. The molecule has 0 radical (unpaired) electrons. The summed E-state index contributed by atoms with van der Waals surface area (Å²) in [5.74, 6) is -1.49. The lowest BCUT2D eigenvalue weighted by atomic mass is 10.0. The van der Waals surface area contributed by atoms with Gasteiger partial charge in [0.05, 0.1) is 5.69 Å². The van der Waals surface area contributed by atoms with Crippen LogP contribution in [-0.2, 0) is 11.3 Å². The number of anilines is 1. The van der Waals surface area contributed by atoms with Crippen molar-refractivity contribution in [1.29, 1.82) is 0 Å². The molecule has 4 rings (SSSR count). The molecule has 6 heteroatoms. The first-order valence-electron chi connectivity index (χ1n) is 9.97. The molecule has 150 valence electrons. The van der Waals surface area contributed by atoms with Gasteiger partial charge in [-0.1, -0.05) is 42.5 Å². The summed E-state index contributed by atoms with van der Waals surface area (Å²) in [5.41, 5.74) is 1.25. The van der Waals surface area contributed by atoms with Crippen LogP contribution in [0.5, 0.6) is 0 Å². The molecule has 0 aromatic heterocycles. The zero-order valence-corrected chi connectivity index (χ0v) is 16.2. The Kier molecular flexibility index (Phi) is 5.83. The van der Waals surface area contributed by atoms with E-state index < -0.39 is 11.6 Å². The van der Waals surface area contributed by atoms with Crippen molar-refractivity contribution in [2.24, 2.45) is 0 Å². The highest BCUT2D eigenvalue weighted by Crippen LogP contribution is 2.17. The minimum absolute atomic E-state index is 0.102. The lowest BCUT2D eigenvalue weighted by molar-refractivity contribution is -1.01. The summed E-state index contributed by atoms with van der Waals surface area (Å²) < 4.78 is 26.9. The zero-order chi connectivity index (χ0) is 20.2. The number of halogens is 2. The number of nitrogens with one attached hydrogen (secondary N) is 3. The third-order valence-electron chi connectivity index (χ3n) is 5.60. The third kappa shape index (κ3) is 4.78. The molecule has 0 unspecified atom stereocenters. The molecule has 1 aliphatic rings. The monoisotopic (exact) mass is 397 g/mol. The van der Waals surface area contributed by atoms with Crippen molar-refractivity contribution in [2.75, 3.05) is 38.0 Å². The number of rotatable bonds is 5. The zero-order valence-electron chi connectivity index (χ0n) is 16.2. The van der Waals surface area contributed by atoms with E-state index in [0.717, 1.165) is 50.9 Å². The number of hydrogen-bond donors (Lipinski definition) is 3. The lowest BCUT2D eigenvalue weighted by Crippen LogP contribution is -3.28. The van der Waals surface area contributed by atoms with E-state index in [9.17, 15) is 13.6 Å². The summed E-state index contributed by atoms with van der Waals surface area (Å²) >= 11 is 0. The second-order valence-corrected chi connectivity index (χ2v) is 7.66. The van der Waals surface area contributed by atoms with Gasteiger partial charge in [0.15, 0.2) is 6.54 Å². The van der Waals surface area contributed by atoms with Crippen LogP contribution in [0, 0.1) is 11.6 Å². The van der Waals surface area contributed by atoms with E-state index in [0.29, 0.717) is 0 Å². The van der Waals surface area contributed by atoms with Gasteiger partial charge in [0.1, 0.15) is 44.4 Å². The molecule has 0 aliphatic carbocycles. The number of piperazine rings is 1. The highest BCUT2D eigenvalue weighted by Gasteiger charge is 2.25. The number of quaternary nitrogens is 2. The third-order valence-corrected chi connectivity index (χ3v) is 5.60. The van der Waals surface area contributed by atoms with E-state index in [1.165, 1.54) is 26.1 Å². The van der Waals surface area contributed by atoms with E-state index in [2.05, 4.69) is 47.8 Å². The summed E-state index contributed by atoms with van der Waals surface area (Å²) in [6.45, 7) is 4.92. The summed E-state index contributed by atoms with van der Waals surface area (Å²) in [7, 11) is 0. The second-order valence-electron chi connectivity index (χ2n) is 7.66. The number of carbonyl (C=O) groups is 1. The van der Waals surface area contributed by atoms with E-state index >= 15 is 0 Å². The molecule has 3 N–H and O–H groups in total. The Morgan fingerprint density at radius 2 is 1.62 bits per heavy atom. The molecule has 0 saturated carbocycles.